The van der Waals surface area contributed by atoms with Gasteiger partial charge in [-0.2, -0.15) is 0 Å². The van der Waals surface area contributed by atoms with E-state index in [1.807, 2.05) is 12.1 Å². The Bertz CT molecular complexity index is 267. The van der Waals surface area contributed by atoms with Crippen molar-refractivity contribution in [2.45, 2.75) is 19.6 Å². The Labute approximate surface area is 74.3 Å². The molecule has 3 heteroatoms. The fourth-order valence-corrected chi connectivity index (χ4v) is 2.04. The summed E-state index contributed by atoms with van der Waals surface area (Å²) >= 11 is 0. The fraction of sp³-hybridized carbons (Fsp3) is 0.333. The Morgan fingerprint density at radius 1 is 1.25 bits per heavy atom. The second kappa shape index (κ2) is 3.19. The number of rotatable bonds is 2. The van der Waals surface area contributed by atoms with Crippen molar-refractivity contribution in [2.24, 2.45) is 0 Å². The zero-order valence-corrected chi connectivity index (χ0v) is 8.76. The quantitative estimate of drug-likeness (QED) is 0.687. The van der Waals surface area contributed by atoms with E-state index >= 15 is 0 Å². The smallest absolute Gasteiger partial charge is 0.144 e. The van der Waals surface area contributed by atoms with Gasteiger partial charge in [-0.3, -0.25) is 0 Å². The number of phenolic OH excluding ortho intramolecular Hbond substituents is 1. The largest absolute Gasteiger partial charge is 0.508 e. The zero-order valence-electron chi connectivity index (χ0n) is 7.76. The third kappa shape index (κ3) is 2.96. The van der Waals surface area contributed by atoms with Crippen molar-refractivity contribution in [3.8, 4) is 5.75 Å². The van der Waals surface area contributed by atoms with E-state index in [2.05, 4.69) is 24.6 Å². The van der Waals surface area contributed by atoms with Crippen molar-refractivity contribution in [2.75, 3.05) is 4.98 Å². The first-order chi connectivity index (χ1) is 5.47. The molecular formula is C9H15NOSi. The standard InChI is InChI=1S/C9H15NOSi/c1-12(2,3)10-8-5-4-6-9(11)7-8/h4-7,10-11H,1-3H3. The first-order valence-corrected chi connectivity index (χ1v) is 7.54. The SMILES string of the molecule is C[Si](C)(C)Nc1cccc(O)c1. The molecular weight excluding hydrogens is 166 g/mol. The van der Waals surface area contributed by atoms with E-state index in [0.29, 0.717) is 5.75 Å². The highest BCUT2D eigenvalue weighted by atomic mass is 28.3. The molecule has 2 nitrogen and oxygen atoms in total. The van der Waals surface area contributed by atoms with Gasteiger partial charge in [-0.15, -0.1) is 0 Å². The second-order valence-corrected chi connectivity index (χ2v) is 8.68. The third-order valence-electron chi connectivity index (χ3n) is 1.37. The molecule has 0 amide bonds. The minimum Gasteiger partial charge on any atom is -0.508 e. The molecule has 0 spiro atoms. The number of benzene rings is 1. The van der Waals surface area contributed by atoms with Crippen LogP contribution in [0, 0.1) is 0 Å². The third-order valence-corrected chi connectivity index (χ3v) is 2.40. The van der Waals surface area contributed by atoms with Gasteiger partial charge in [0, 0.05) is 11.8 Å². The van der Waals surface area contributed by atoms with Gasteiger partial charge in [-0.05, 0) is 12.1 Å². The maximum Gasteiger partial charge on any atom is 0.144 e. The molecule has 0 radical (unpaired) electrons. The van der Waals surface area contributed by atoms with Crippen molar-refractivity contribution in [3.63, 3.8) is 0 Å². The lowest BCUT2D eigenvalue weighted by atomic mass is 10.3. The van der Waals surface area contributed by atoms with Crippen LogP contribution in [0.1, 0.15) is 0 Å². The number of hydrogen-bond donors (Lipinski definition) is 2. The predicted octanol–water partition coefficient (Wildman–Crippen LogP) is 2.64. The Morgan fingerprint density at radius 3 is 2.42 bits per heavy atom. The Hall–Kier alpha value is -0.963. The summed E-state index contributed by atoms with van der Waals surface area (Å²) < 4.78 is 0. The number of nitrogens with one attached hydrogen (secondary N) is 1. The van der Waals surface area contributed by atoms with Crippen LogP contribution in [-0.4, -0.2) is 13.3 Å². The lowest BCUT2D eigenvalue weighted by Gasteiger charge is -2.19. The molecule has 0 unspecified atom stereocenters. The number of anilines is 1. The molecule has 0 atom stereocenters. The molecule has 0 saturated carbocycles. The van der Waals surface area contributed by atoms with Gasteiger partial charge in [0.15, 0.2) is 0 Å². The van der Waals surface area contributed by atoms with E-state index < -0.39 is 8.24 Å². The van der Waals surface area contributed by atoms with Crippen LogP contribution in [0.3, 0.4) is 0 Å². The van der Waals surface area contributed by atoms with Crippen molar-refractivity contribution in [1.29, 1.82) is 0 Å². The van der Waals surface area contributed by atoms with E-state index in [1.165, 1.54) is 0 Å². The van der Waals surface area contributed by atoms with E-state index in [4.69, 9.17) is 0 Å². The van der Waals surface area contributed by atoms with Crippen LogP contribution in [0.2, 0.25) is 19.6 Å². The number of hydrogen-bond acceptors (Lipinski definition) is 2. The van der Waals surface area contributed by atoms with E-state index in [1.54, 1.807) is 12.1 Å². The van der Waals surface area contributed by atoms with E-state index in [0.717, 1.165) is 5.69 Å². The van der Waals surface area contributed by atoms with Gasteiger partial charge >= 0.3 is 0 Å². The highest BCUT2D eigenvalue weighted by molar-refractivity contribution is 6.79. The molecule has 12 heavy (non-hydrogen) atoms. The molecule has 0 aliphatic rings. The first kappa shape index (κ1) is 9.13. The topological polar surface area (TPSA) is 32.3 Å². The van der Waals surface area contributed by atoms with Crippen molar-refractivity contribution >= 4 is 13.9 Å². The molecule has 2 N–H and O–H groups in total. The van der Waals surface area contributed by atoms with Crippen LogP contribution >= 0.6 is 0 Å². The minimum atomic E-state index is -1.28. The average Bonchev–Trinajstić information content (AvgIpc) is 1.82. The molecule has 66 valence electrons. The van der Waals surface area contributed by atoms with Crippen molar-refractivity contribution < 1.29 is 5.11 Å². The summed E-state index contributed by atoms with van der Waals surface area (Å²) in [5, 5.41) is 9.19. The fourth-order valence-electron chi connectivity index (χ4n) is 1.02. The van der Waals surface area contributed by atoms with E-state index in [-0.39, 0.29) is 0 Å². The maximum absolute atomic E-state index is 9.19. The van der Waals surface area contributed by atoms with Gasteiger partial charge < -0.3 is 10.1 Å². The van der Waals surface area contributed by atoms with Gasteiger partial charge in [0.05, 0.1) is 0 Å². The highest BCUT2D eigenvalue weighted by Gasteiger charge is 2.12. The summed E-state index contributed by atoms with van der Waals surface area (Å²) in [5.41, 5.74) is 1.01. The normalized spacial score (nSPS) is 11.2. The predicted molar refractivity (Wildman–Crippen MR) is 55.1 cm³/mol. The van der Waals surface area contributed by atoms with Crippen LogP contribution in [0.4, 0.5) is 5.69 Å². The second-order valence-electron chi connectivity index (χ2n) is 3.93. The van der Waals surface area contributed by atoms with Crippen LogP contribution < -0.4 is 4.98 Å². The van der Waals surface area contributed by atoms with Crippen LogP contribution in [-0.2, 0) is 0 Å². The van der Waals surface area contributed by atoms with Crippen LogP contribution in [0.15, 0.2) is 24.3 Å². The summed E-state index contributed by atoms with van der Waals surface area (Å²) in [6, 6.07) is 7.24. The lowest BCUT2D eigenvalue weighted by molar-refractivity contribution is 0.475. The minimum absolute atomic E-state index is 0.318. The lowest BCUT2D eigenvalue weighted by Crippen LogP contribution is -2.32. The maximum atomic E-state index is 9.19. The van der Waals surface area contributed by atoms with Crippen LogP contribution in [0.5, 0.6) is 5.75 Å². The molecule has 0 heterocycles. The van der Waals surface area contributed by atoms with Gasteiger partial charge in [0.2, 0.25) is 0 Å². The van der Waals surface area contributed by atoms with E-state index in [9.17, 15) is 5.11 Å². The Kier molecular flexibility index (Phi) is 2.42. The van der Waals surface area contributed by atoms with Gasteiger partial charge in [-0.1, -0.05) is 25.7 Å². The molecule has 1 aromatic rings. The zero-order chi connectivity index (χ0) is 9.19. The molecule has 1 aromatic carbocycles. The van der Waals surface area contributed by atoms with Crippen molar-refractivity contribution in [1.82, 2.24) is 0 Å². The Morgan fingerprint density at radius 2 is 1.92 bits per heavy atom. The number of aromatic hydroxyl groups is 1. The average molecular weight is 181 g/mol. The molecule has 0 fully saturated rings. The Balaban J connectivity index is 2.77. The molecule has 0 bridgehead atoms. The summed E-state index contributed by atoms with van der Waals surface area (Å²) in [5.74, 6) is 0.318. The van der Waals surface area contributed by atoms with Gasteiger partial charge in [0.1, 0.15) is 14.0 Å². The van der Waals surface area contributed by atoms with Gasteiger partial charge in [0.25, 0.3) is 0 Å². The monoisotopic (exact) mass is 181 g/mol. The summed E-state index contributed by atoms with van der Waals surface area (Å²) in [4.78, 5) is 3.40. The first-order valence-electron chi connectivity index (χ1n) is 4.04. The van der Waals surface area contributed by atoms with Crippen LogP contribution in [0.25, 0.3) is 0 Å². The molecule has 0 aliphatic heterocycles. The number of phenols is 1. The van der Waals surface area contributed by atoms with Crippen molar-refractivity contribution in [3.05, 3.63) is 24.3 Å². The molecule has 0 aliphatic carbocycles. The summed E-state index contributed by atoms with van der Waals surface area (Å²) in [6.45, 7) is 6.66. The highest BCUT2D eigenvalue weighted by Crippen LogP contribution is 2.17. The molecule has 1 rings (SSSR count). The van der Waals surface area contributed by atoms with Gasteiger partial charge in [-0.25, -0.2) is 0 Å². The summed E-state index contributed by atoms with van der Waals surface area (Å²) in [7, 11) is -1.28. The molecule has 0 saturated heterocycles. The molecule has 0 aromatic heterocycles. The summed E-state index contributed by atoms with van der Waals surface area (Å²) in [6.07, 6.45) is 0.